The van der Waals surface area contributed by atoms with Crippen LogP contribution in [0.25, 0.3) is 0 Å². The number of anilines is 1. The van der Waals surface area contributed by atoms with Crippen molar-refractivity contribution in [3.63, 3.8) is 0 Å². The topological polar surface area (TPSA) is 24.4 Å². The molecular weight excluding hydrogens is 280 g/mol. The van der Waals surface area contributed by atoms with E-state index < -0.39 is 0 Å². The largest absolute Gasteiger partial charge is 0.384 e. The van der Waals surface area contributed by atoms with Crippen LogP contribution in [0.3, 0.4) is 0 Å². The lowest BCUT2D eigenvalue weighted by atomic mass is 10.0. The van der Waals surface area contributed by atoms with Crippen LogP contribution in [0.1, 0.15) is 37.0 Å². The summed E-state index contributed by atoms with van der Waals surface area (Å²) in [5.41, 5.74) is 8.45. The van der Waals surface area contributed by atoms with E-state index >= 15 is 0 Å². The van der Waals surface area contributed by atoms with Gasteiger partial charge < -0.3 is 5.32 Å². The molecule has 0 saturated heterocycles. The lowest BCUT2D eigenvalue weighted by Crippen LogP contribution is -2.00. The maximum Gasteiger partial charge on any atom is 0.0709 e. The SMILES string of the molecule is CCC(C)=CC(=Nc1ccccc1C)c1ccc2c(c1)NCC2. The van der Waals surface area contributed by atoms with Crippen molar-refractivity contribution in [2.24, 2.45) is 4.99 Å². The molecule has 0 fully saturated rings. The standard InChI is InChI=1S/C21H24N2/c1-4-15(2)13-21(23-19-8-6-5-7-16(19)3)18-10-9-17-11-12-22-20(17)14-18/h5-10,13-14,22H,4,11-12H2,1-3H3. The van der Waals surface area contributed by atoms with Crippen LogP contribution in [0.5, 0.6) is 0 Å². The number of nitrogens with zero attached hydrogens (tertiary/aromatic N) is 1. The van der Waals surface area contributed by atoms with Gasteiger partial charge in [-0.25, -0.2) is 4.99 Å². The number of aryl methyl sites for hydroxylation is 1. The van der Waals surface area contributed by atoms with E-state index in [0.717, 1.165) is 30.8 Å². The van der Waals surface area contributed by atoms with Crippen molar-refractivity contribution >= 4 is 17.1 Å². The Morgan fingerprint density at radius 2 is 2.04 bits per heavy atom. The summed E-state index contributed by atoms with van der Waals surface area (Å²) in [6.45, 7) is 7.49. The first-order valence-corrected chi connectivity index (χ1v) is 8.36. The first-order valence-electron chi connectivity index (χ1n) is 8.36. The fourth-order valence-corrected chi connectivity index (χ4v) is 2.78. The van der Waals surface area contributed by atoms with Crippen LogP contribution in [0.2, 0.25) is 0 Å². The molecule has 118 valence electrons. The molecule has 0 aromatic heterocycles. The Hall–Kier alpha value is -2.35. The Labute approximate surface area is 139 Å². The van der Waals surface area contributed by atoms with Crippen LogP contribution in [-0.4, -0.2) is 12.3 Å². The summed E-state index contributed by atoms with van der Waals surface area (Å²) < 4.78 is 0. The summed E-state index contributed by atoms with van der Waals surface area (Å²) in [5, 5.41) is 3.46. The molecule has 2 aromatic rings. The van der Waals surface area contributed by atoms with E-state index in [1.165, 1.54) is 28.0 Å². The van der Waals surface area contributed by atoms with E-state index in [9.17, 15) is 0 Å². The number of hydrogen-bond donors (Lipinski definition) is 1. The van der Waals surface area contributed by atoms with Crippen molar-refractivity contribution in [2.75, 3.05) is 11.9 Å². The van der Waals surface area contributed by atoms with Gasteiger partial charge >= 0.3 is 0 Å². The van der Waals surface area contributed by atoms with Gasteiger partial charge in [0.25, 0.3) is 0 Å². The number of aliphatic imine (C=N–C) groups is 1. The van der Waals surface area contributed by atoms with Crippen molar-refractivity contribution in [1.29, 1.82) is 0 Å². The molecule has 2 heteroatoms. The van der Waals surface area contributed by atoms with E-state index in [4.69, 9.17) is 4.99 Å². The number of hydrogen-bond acceptors (Lipinski definition) is 2. The Balaban J connectivity index is 2.08. The monoisotopic (exact) mass is 304 g/mol. The van der Waals surface area contributed by atoms with Crippen LogP contribution in [-0.2, 0) is 6.42 Å². The summed E-state index contributed by atoms with van der Waals surface area (Å²) in [4.78, 5) is 4.95. The molecule has 1 N–H and O–H groups in total. The Kier molecular flexibility index (Phi) is 4.61. The molecule has 0 radical (unpaired) electrons. The molecule has 3 rings (SSSR count). The Morgan fingerprint density at radius 3 is 2.83 bits per heavy atom. The van der Waals surface area contributed by atoms with E-state index in [1.54, 1.807) is 0 Å². The molecule has 23 heavy (non-hydrogen) atoms. The van der Waals surface area contributed by atoms with Crippen LogP contribution in [0, 0.1) is 6.92 Å². The first-order chi connectivity index (χ1) is 11.2. The minimum atomic E-state index is 1.03. The number of benzene rings is 2. The summed E-state index contributed by atoms with van der Waals surface area (Å²) in [6.07, 6.45) is 4.36. The van der Waals surface area contributed by atoms with Crippen LogP contribution in [0.15, 0.2) is 59.1 Å². The van der Waals surface area contributed by atoms with Crippen molar-refractivity contribution in [3.05, 3.63) is 70.8 Å². The molecule has 0 unspecified atom stereocenters. The summed E-state index contributed by atoms with van der Waals surface area (Å²) in [7, 11) is 0. The van der Waals surface area contributed by atoms with Crippen molar-refractivity contribution in [1.82, 2.24) is 0 Å². The van der Waals surface area contributed by atoms with Crippen LogP contribution >= 0.6 is 0 Å². The van der Waals surface area contributed by atoms with Crippen molar-refractivity contribution < 1.29 is 0 Å². The van der Waals surface area contributed by atoms with Crippen LogP contribution in [0.4, 0.5) is 11.4 Å². The van der Waals surface area contributed by atoms with Gasteiger partial charge in [0, 0.05) is 17.8 Å². The molecule has 0 bridgehead atoms. The second kappa shape index (κ2) is 6.82. The molecule has 0 aliphatic carbocycles. The van der Waals surface area contributed by atoms with Gasteiger partial charge in [-0.1, -0.05) is 42.8 Å². The molecule has 1 aliphatic heterocycles. The van der Waals surface area contributed by atoms with Crippen molar-refractivity contribution in [3.8, 4) is 0 Å². The van der Waals surface area contributed by atoms with Gasteiger partial charge in [0.15, 0.2) is 0 Å². The van der Waals surface area contributed by atoms with Gasteiger partial charge in [0.05, 0.1) is 11.4 Å². The Morgan fingerprint density at radius 1 is 1.22 bits per heavy atom. The molecule has 1 aliphatic rings. The molecule has 2 nitrogen and oxygen atoms in total. The summed E-state index contributed by atoms with van der Waals surface area (Å²) in [6, 6.07) is 15.0. The zero-order valence-corrected chi connectivity index (χ0v) is 14.2. The average Bonchev–Trinajstić information content (AvgIpc) is 3.03. The maximum atomic E-state index is 4.95. The number of allylic oxidation sites excluding steroid dienone is 2. The second-order valence-electron chi connectivity index (χ2n) is 6.18. The zero-order valence-electron chi connectivity index (χ0n) is 14.2. The lowest BCUT2D eigenvalue weighted by Gasteiger charge is -2.08. The van der Waals surface area contributed by atoms with E-state index in [-0.39, 0.29) is 0 Å². The van der Waals surface area contributed by atoms with Gasteiger partial charge in [-0.2, -0.15) is 0 Å². The quantitative estimate of drug-likeness (QED) is 0.747. The Bertz CT molecular complexity index is 769. The van der Waals surface area contributed by atoms with Crippen molar-refractivity contribution in [2.45, 2.75) is 33.6 Å². The molecular formula is C21H24N2. The second-order valence-corrected chi connectivity index (χ2v) is 6.18. The number of nitrogens with one attached hydrogen (secondary N) is 1. The summed E-state index contributed by atoms with van der Waals surface area (Å²) in [5.74, 6) is 0. The zero-order chi connectivity index (χ0) is 16.2. The third-order valence-corrected chi connectivity index (χ3v) is 4.41. The highest BCUT2D eigenvalue weighted by Crippen LogP contribution is 2.26. The van der Waals surface area contributed by atoms with E-state index in [1.807, 2.05) is 6.07 Å². The minimum absolute atomic E-state index is 1.03. The van der Waals surface area contributed by atoms with Gasteiger partial charge in [-0.05, 0) is 56.0 Å². The molecule has 0 spiro atoms. The van der Waals surface area contributed by atoms with Gasteiger partial charge in [-0.15, -0.1) is 0 Å². The number of para-hydroxylation sites is 1. The summed E-state index contributed by atoms with van der Waals surface area (Å²) >= 11 is 0. The van der Waals surface area contributed by atoms with Gasteiger partial charge in [0.1, 0.15) is 0 Å². The highest BCUT2D eigenvalue weighted by Gasteiger charge is 2.12. The first kappa shape index (κ1) is 15.5. The minimum Gasteiger partial charge on any atom is -0.384 e. The predicted molar refractivity (Wildman–Crippen MR) is 100 cm³/mol. The third kappa shape index (κ3) is 3.53. The third-order valence-electron chi connectivity index (χ3n) is 4.41. The molecule has 1 heterocycles. The van der Waals surface area contributed by atoms with E-state index in [0.29, 0.717) is 0 Å². The lowest BCUT2D eigenvalue weighted by molar-refractivity contribution is 1.10. The highest BCUT2D eigenvalue weighted by molar-refractivity contribution is 6.11. The average molecular weight is 304 g/mol. The number of fused-ring (bicyclic) bond motifs is 1. The molecule has 2 aromatic carbocycles. The number of rotatable bonds is 4. The van der Waals surface area contributed by atoms with Crippen LogP contribution < -0.4 is 5.32 Å². The van der Waals surface area contributed by atoms with Gasteiger partial charge in [-0.3, -0.25) is 0 Å². The smallest absolute Gasteiger partial charge is 0.0709 e. The normalized spacial score (nSPS) is 14.6. The fourth-order valence-electron chi connectivity index (χ4n) is 2.78. The fraction of sp³-hybridized carbons (Fsp3) is 0.286. The molecule has 0 saturated carbocycles. The molecule has 0 atom stereocenters. The molecule has 0 amide bonds. The highest BCUT2D eigenvalue weighted by atomic mass is 14.9. The predicted octanol–water partition coefficient (Wildman–Crippen LogP) is 5.44. The van der Waals surface area contributed by atoms with Gasteiger partial charge in [0.2, 0.25) is 0 Å². The maximum absolute atomic E-state index is 4.95. The van der Waals surface area contributed by atoms with E-state index in [2.05, 4.69) is 68.6 Å².